The zero-order valence-electron chi connectivity index (χ0n) is 7.55. The molecule has 0 heterocycles. The minimum absolute atomic E-state index is 0.0323. The molecule has 0 aliphatic carbocycles. The van der Waals surface area contributed by atoms with E-state index in [1.165, 1.54) is 0 Å². The molecule has 0 aromatic rings. The smallest absolute Gasteiger partial charge is 0.140 e. The third-order valence-corrected chi connectivity index (χ3v) is 0.751. The predicted molar refractivity (Wildman–Crippen MR) is 40.7 cm³/mol. The molecule has 0 aliphatic rings. The molecule has 4 nitrogen and oxygen atoms in total. The van der Waals surface area contributed by atoms with Crippen molar-refractivity contribution in [3.05, 3.63) is 12.3 Å². The second-order valence-electron chi connectivity index (χ2n) is 3.37. The maximum absolute atomic E-state index is 10.0. The van der Waals surface area contributed by atoms with Crippen LogP contribution in [0.2, 0.25) is 0 Å². The standard InChI is InChI=1S/C8H14O4/c1-6(5-7(9)10)11-12-8(2,3)4/h1,5H2,2-4H3,(H,9,10)/p-1. The van der Waals surface area contributed by atoms with Crippen molar-refractivity contribution in [2.24, 2.45) is 0 Å². The van der Waals surface area contributed by atoms with E-state index >= 15 is 0 Å². The van der Waals surface area contributed by atoms with Crippen molar-refractivity contribution in [2.75, 3.05) is 0 Å². The molecule has 0 bridgehead atoms. The van der Waals surface area contributed by atoms with Crippen LogP contribution in [-0.4, -0.2) is 11.6 Å². The summed E-state index contributed by atoms with van der Waals surface area (Å²) in [7, 11) is 0. The zero-order chi connectivity index (χ0) is 9.78. The Morgan fingerprint density at radius 2 is 2.00 bits per heavy atom. The molecule has 0 fully saturated rings. The summed E-state index contributed by atoms with van der Waals surface area (Å²) in [5.41, 5.74) is -0.477. The van der Waals surface area contributed by atoms with Crippen LogP contribution in [0.15, 0.2) is 12.3 Å². The molecule has 0 unspecified atom stereocenters. The lowest BCUT2D eigenvalue weighted by molar-refractivity contribution is -0.330. The summed E-state index contributed by atoms with van der Waals surface area (Å²) in [6.07, 6.45) is -0.351. The number of rotatable bonds is 4. The summed E-state index contributed by atoms with van der Waals surface area (Å²) < 4.78 is 0. The van der Waals surface area contributed by atoms with Gasteiger partial charge in [0.05, 0.1) is 0 Å². The van der Waals surface area contributed by atoms with Crippen LogP contribution in [-0.2, 0) is 14.6 Å². The van der Waals surface area contributed by atoms with Gasteiger partial charge < -0.3 is 14.8 Å². The normalized spacial score (nSPS) is 10.9. The van der Waals surface area contributed by atoms with Gasteiger partial charge in [-0.25, -0.2) is 0 Å². The van der Waals surface area contributed by atoms with Gasteiger partial charge in [-0.15, -0.1) is 0 Å². The molecule has 0 saturated heterocycles. The second kappa shape index (κ2) is 4.11. The number of carboxylic acids is 1. The van der Waals surface area contributed by atoms with E-state index in [-0.39, 0.29) is 12.2 Å². The predicted octanol–water partition coefficient (Wildman–Crippen LogP) is 0.387. The maximum atomic E-state index is 10.0. The van der Waals surface area contributed by atoms with E-state index in [0.717, 1.165) is 0 Å². The van der Waals surface area contributed by atoms with Gasteiger partial charge in [-0.2, -0.15) is 4.89 Å². The minimum atomic E-state index is -1.24. The van der Waals surface area contributed by atoms with Crippen LogP contribution >= 0.6 is 0 Å². The first-order chi connectivity index (χ1) is 5.31. The van der Waals surface area contributed by atoms with Crippen molar-refractivity contribution in [1.29, 1.82) is 0 Å². The quantitative estimate of drug-likeness (QED) is 0.350. The first kappa shape index (κ1) is 11.0. The summed E-state index contributed by atoms with van der Waals surface area (Å²) in [4.78, 5) is 19.4. The van der Waals surface area contributed by atoms with E-state index in [1.807, 2.05) is 0 Å². The highest BCUT2D eigenvalue weighted by Gasteiger charge is 2.12. The fourth-order valence-corrected chi connectivity index (χ4v) is 0.374. The van der Waals surface area contributed by atoms with Gasteiger partial charge in [0.25, 0.3) is 0 Å². The molecule has 0 spiro atoms. The third-order valence-electron chi connectivity index (χ3n) is 0.751. The average molecular weight is 173 g/mol. The van der Waals surface area contributed by atoms with E-state index in [4.69, 9.17) is 4.89 Å². The Morgan fingerprint density at radius 1 is 1.50 bits per heavy atom. The summed E-state index contributed by atoms with van der Waals surface area (Å²) >= 11 is 0. The van der Waals surface area contributed by atoms with Gasteiger partial charge in [0, 0.05) is 12.4 Å². The molecule has 0 amide bonds. The topological polar surface area (TPSA) is 58.6 Å². The zero-order valence-corrected chi connectivity index (χ0v) is 7.55. The van der Waals surface area contributed by atoms with Gasteiger partial charge >= 0.3 is 0 Å². The Hall–Kier alpha value is -1.03. The van der Waals surface area contributed by atoms with Crippen LogP contribution in [0.3, 0.4) is 0 Å². The lowest BCUT2D eigenvalue weighted by atomic mass is 10.2. The molecular formula is C8H13O4-. The Morgan fingerprint density at radius 3 is 2.33 bits per heavy atom. The van der Waals surface area contributed by atoms with Crippen LogP contribution in [0.25, 0.3) is 0 Å². The van der Waals surface area contributed by atoms with Crippen molar-refractivity contribution in [1.82, 2.24) is 0 Å². The van der Waals surface area contributed by atoms with Crippen LogP contribution in [0.5, 0.6) is 0 Å². The Bertz CT molecular complexity index is 178. The van der Waals surface area contributed by atoms with Gasteiger partial charge in [0.1, 0.15) is 11.4 Å². The highest BCUT2D eigenvalue weighted by Crippen LogP contribution is 2.11. The molecule has 0 aromatic carbocycles. The molecule has 0 saturated carbocycles. The fourth-order valence-electron chi connectivity index (χ4n) is 0.374. The van der Waals surface area contributed by atoms with E-state index in [1.54, 1.807) is 20.8 Å². The highest BCUT2D eigenvalue weighted by atomic mass is 17.2. The van der Waals surface area contributed by atoms with Crippen molar-refractivity contribution in [3.8, 4) is 0 Å². The summed E-state index contributed by atoms with van der Waals surface area (Å²) in [5, 5.41) is 10.0. The van der Waals surface area contributed by atoms with Crippen molar-refractivity contribution < 1.29 is 19.7 Å². The third kappa shape index (κ3) is 7.08. The number of carbonyl (C=O) groups is 1. The number of hydrogen-bond donors (Lipinski definition) is 0. The lowest BCUT2D eigenvalue weighted by Gasteiger charge is -2.18. The summed E-state index contributed by atoms with van der Waals surface area (Å²) in [6.45, 7) is 8.66. The molecule has 4 heteroatoms. The average Bonchev–Trinajstić information content (AvgIpc) is 1.80. The minimum Gasteiger partial charge on any atom is -0.550 e. The molecule has 70 valence electrons. The first-order valence-corrected chi connectivity index (χ1v) is 3.54. The summed E-state index contributed by atoms with van der Waals surface area (Å²) in [6, 6.07) is 0. The van der Waals surface area contributed by atoms with E-state index in [0.29, 0.717) is 0 Å². The molecule has 0 N–H and O–H groups in total. The van der Waals surface area contributed by atoms with Gasteiger partial charge in [-0.05, 0) is 20.8 Å². The Balaban J connectivity index is 3.65. The summed E-state index contributed by atoms with van der Waals surface area (Å²) in [5.74, 6) is -1.21. The molecule has 0 radical (unpaired) electrons. The van der Waals surface area contributed by atoms with Crippen LogP contribution in [0.1, 0.15) is 27.2 Å². The number of aliphatic carboxylic acids is 1. The molecule has 0 aromatic heterocycles. The fraction of sp³-hybridized carbons (Fsp3) is 0.625. The van der Waals surface area contributed by atoms with Crippen LogP contribution in [0.4, 0.5) is 0 Å². The van der Waals surface area contributed by atoms with Gasteiger partial charge in [0.2, 0.25) is 0 Å². The van der Waals surface area contributed by atoms with Gasteiger partial charge in [0.15, 0.2) is 0 Å². The van der Waals surface area contributed by atoms with Crippen molar-refractivity contribution >= 4 is 5.97 Å². The molecule has 0 rings (SSSR count). The number of hydrogen-bond acceptors (Lipinski definition) is 4. The van der Waals surface area contributed by atoms with Crippen LogP contribution in [0, 0.1) is 0 Å². The van der Waals surface area contributed by atoms with Gasteiger partial charge in [-0.1, -0.05) is 6.58 Å². The van der Waals surface area contributed by atoms with Crippen molar-refractivity contribution in [2.45, 2.75) is 32.8 Å². The molecule has 0 aliphatic heterocycles. The first-order valence-electron chi connectivity index (χ1n) is 3.54. The number of carboxylic acid groups (broad SMARTS) is 1. The number of carbonyl (C=O) groups excluding carboxylic acids is 1. The Labute approximate surface area is 71.7 Å². The van der Waals surface area contributed by atoms with E-state index in [9.17, 15) is 9.90 Å². The van der Waals surface area contributed by atoms with E-state index in [2.05, 4.69) is 11.5 Å². The lowest BCUT2D eigenvalue weighted by Crippen LogP contribution is -2.24. The highest BCUT2D eigenvalue weighted by molar-refractivity contribution is 5.66. The molecule has 12 heavy (non-hydrogen) atoms. The van der Waals surface area contributed by atoms with Crippen molar-refractivity contribution in [3.63, 3.8) is 0 Å². The SMILES string of the molecule is C=C(CC(=O)[O-])OOC(C)(C)C. The van der Waals surface area contributed by atoms with Gasteiger partial charge in [-0.3, -0.25) is 0 Å². The van der Waals surface area contributed by atoms with E-state index < -0.39 is 11.6 Å². The Kier molecular flexibility index (Phi) is 3.76. The maximum Gasteiger partial charge on any atom is 0.140 e. The molecular weight excluding hydrogens is 160 g/mol. The van der Waals surface area contributed by atoms with Crippen LogP contribution < -0.4 is 5.11 Å². The largest absolute Gasteiger partial charge is 0.550 e. The molecule has 0 atom stereocenters. The second-order valence-corrected chi connectivity index (χ2v) is 3.37. The monoisotopic (exact) mass is 173 g/mol.